The van der Waals surface area contributed by atoms with Crippen LogP contribution in [0.15, 0.2) is 47.4 Å². The summed E-state index contributed by atoms with van der Waals surface area (Å²) >= 11 is 12.6. The fourth-order valence-corrected chi connectivity index (χ4v) is 4.83. The minimum absolute atomic E-state index is 0.0400. The molecule has 1 N–H and O–H groups in total. The summed E-state index contributed by atoms with van der Waals surface area (Å²) in [5, 5.41) is 3.25. The Morgan fingerprint density at radius 3 is 2.12 bits per heavy atom. The van der Waals surface area contributed by atoms with Gasteiger partial charge in [-0.3, -0.25) is 9.59 Å². The Bertz CT molecular complexity index is 1050. The molecular weight excluding hydrogens is 473 g/mol. The lowest BCUT2D eigenvalue weighted by atomic mass is 10.1. The number of carbonyl (C=O) groups excluding carboxylic acids is 2. The van der Waals surface area contributed by atoms with Crippen LogP contribution in [0.2, 0.25) is 10.0 Å². The minimum Gasteiger partial charge on any atom is -0.357 e. The van der Waals surface area contributed by atoms with Gasteiger partial charge in [0.25, 0.3) is 0 Å². The monoisotopic (exact) mass is 499 g/mol. The molecule has 0 radical (unpaired) electrons. The number of halogens is 2. The number of benzene rings is 2. The largest absolute Gasteiger partial charge is 0.357 e. The number of hydrogen-bond donors (Lipinski definition) is 1. The fraction of sp³-hybridized carbons (Fsp3) is 0.364. The maximum atomic E-state index is 13.3. The lowest BCUT2D eigenvalue weighted by Crippen LogP contribution is -2.51. The molecule has 10 heteroatoms. The first-order valence-corrected chi connectivity index (χ1v) is 12.2. The van der Waals surface area contributed by atoms with E-state index >= 15 is 0 Å². The van der Waals surface area contributed by atoms with Gasteiger partial charge in [0.15, 0.2) is 0 Å². The van der Waals surface area contributed by atoms with Gasteiger partial charge in [-0.1, -0.05) is 53.9 Å². The number of nitrogens with one attached hydrogen (secondary N) is 1. The molecule has 0 aliphatic rings. The molecule has 0 fully saturated rings. The first-order chi connectivity index (χ1) is 15.0. The van der Waals surface area contributed by atoms with Crippen molar-refractivity contribution in [3.63, 3.8) is 0 Å². The summed E-state index contributed by atoms with van der Waals surface area (Å²) in [6.45, 7) is 3.12. The molecule has 0 saturated carbocycles. The number of amides is 2. The summed E-state index contributed by atoms with van der Waals surface area (Å²) < 4.78 is 26.8. The van der Waals surface area contributed by atoms with Crippen LogP contribution in [0.25, 0.3) is 0 Å². The number of nitrogens with zero attached hydrogens (tertiary/aromatic N) is 2. The highest BCUT2D eigenvalue weighted by molar-refractivity contribution is 7.89. The first kappa shape index (κ1) is 26.1. The fourth-order valence-electron chi connectivity index (χ4n) is 3.20. The van der Waals surface area contributed by atoms with E-state index in [1.807, 2.05) is 6.92 Å². The average Bonchev–Trinajstić information content (AvgIpc) is 2.75. The summed E-state index contributed by atoms with van der Waals surface area (Å²) in [4.78, 5) is 27.2. The minimum atomic E-state index is -3.90. The van der Waals surface area contributed by atoms with Gasteiger partial charge in [0, 0.05) is 36.2 Å². The summed E-state index contributed by atoms with van der Waals surface area (Å²) in [7, 11) is -1.09. The van der Waals surface area contributed by atoms with Crippen molar-refractivity contribution in [1.82, 2.24) is 14.5 Å². The maximum absolute atomic E-state index is 13.3. The molecule has 0 saturated heterocycles. The topological polar surface area (TPSA) is 86.8 Å². The Balaban J connectivity index is 2.36. The van der Waals surface area contributed by atoms with Gasteiger partial charge >= 0.3 is 0 Å². The molecule has 2 amide bonds. The molecule has 0 aromatic heterocycles. The van der Waals surface area contributed by atoms with Crippen LogP contribution in [0.5, 0.6) is 0 Å². The zero-order valence-corrected chi connectivity index (χ0v) is 20.8. The highest BCUT2D eigenvalue weighted by atomic mass is 35.5. The average molecular weight is 500 g/mol. The second-order valence-electron chi connectivity index (χ2n) is 7.33. The van der Waals surface area contributed by atoms with Crippen molar-refractivity contribution in [2.24, 2.45) is 0 Å². The molecule has 0 bridgehead atoms. The van der Waals surface area contributed by atoms with Crippen molar-refractivity contribution in [2.45, 2.75) is 37.8 Å². The van der Waals surface area contributed by atoms with E-state index in [1.165, 1.54) is 31.1 Å². The third-order valence-electron chi connectivity index (χ3n) is 5.11. The third-order valence-corrected chi connectivity index (χ3v) is 7.64. The predicted octanol–water partition coefficient (Wildman–Crippen LogP) is 3.48. The van der Waals surface area contributed by atoms with Gasteiger partial charge in [0.05, 0.1) is 11.4 Å². The molecule has 2 rings (SSSR count). The Morgan fingerprint density at radius 1 is 1.06 bits per heavy atom. The van der Waals surface area contributed by atoms with E-state index in [4.69, 9.17) is 23.2 Å². The third kappa shape index (κ3) is 6.01. The quantitative estimate of drug-likeness (QED) is 0.571. The highest BCUT2D eigenvalue weighted by Gasteiger charge is 2.32. The van der Waals surface area contributed by atoms with Crippen LogP contribution >= 0.6 is 23.2 Å². The van der Waals surface area contributed by atoms with Crippen LogP contribution in [0, 0.1) is 6.92 Å². The maximum Gasteiger partial charge on any atom is 0.243 e. The van der Waals surface area contributed by atoms with E-state index in [0.29, 0.717) is 22.0 Å². The van der Waals surface area contributed by atoms with Crippen molar-refractivity contribution < 1.29 is 18.0 Å². The Kier molecular flexibility index (Phi) is 9.09. The molecule has 0 aliphatic carbocycles. The van der Waals surface area contributed by atoms with Crippen molar-refractivity contribution in [2.75, 3.05) is 20.6 Å². The lowest BCUT2D eigenvalue weighted by molar-refractivity contribution is -0.141. The number of hydrogen-bond acceptors (Lipinski definition) is 4. The van der Waals surface area contributed by atoms with Crippen molar-refractivity contribution in [3.05, 3.63) is 63.6 Å². The molecular formula is C22H27Cl2N3O4S. The standard InChI is InChI=1S/C22H27Cl2N3O4S/c1-5-20(22(29)25-3)27(13-17-18(23)7-6-8-19(17)24)21(28)14-26(4)32(30,31)16-11-9-15(2)10-12-16/h6-12,20H,5,13-14H2,1-4H3,(H,25,29). The normalized spacial score (nSPS) is 12.5. The molecule has 1 atom stereocenters. The molecule has 1 unspecified atom stereocenters. The van der Waals surface area contributed by atoms with E-state index in [9.17, 15) is 18.0 Å². The van der Waals surface area contributed by atoms with E-state index < -0.39 is 28.5 Å². The highest BCUT2D eigenvalue weighted by Crippen LogP contribution is 2.27. The van der Waals surface area contributed by atoms with Gasteiger partial charge < -0.3 is 10.2 Å². The van der Waals surface area contributed by atoms with Crippen LogP contribution in [-0.2, 0) is 26.2 Å². The Morgan fingerprint density at radius 2 is 1.62 bits per heavy atom. The summed E-state index contributed by atoms with van der Waals surface area (Å²) in [5.74, 6) is -0.914. The van der Waals surface area contributed by atoms with Gasteiger partial charge in [-0.15, -0.1) is 0 Å². The van der Waals surface area contributed by atoms with E-state index in [1.54, 1.807) is 37.3 Å². The molecule has 0 heterocycles. The van der Waals surface area contributed by atoms with Crippen LogP contribution in [0.1, 0.15) is 24.5 Å². The number of likely N-dealkylation sites (N-methyl/N-ethyl adjacent to an activating group) is 2. The van der Waals surface area contributed by atoms with Crippen molar-refractivity contribution in [1.29, 1.82) is 0 Å². The lowest BCUT2D eigenvalue weighted by Gasteiger charge is -2.32. The number of sulfonamides is 1. The van der Waals surface area contributed by atoms with Crippen LogP contribution in [0.4, 0.5) is 0 Å². The van der Waals surface area contributed by atoms with Crippen LogP contribution in [0.3, 0.4) is 0 Å². The van der Waals surface area contributed by atoms with Gasteiger partial charge in [0.1, 0.15) is 6.04 Å². The second-order valence-corrected chi connectivity index (χ2v) is 10.2. The van der Waals surface area contributed by atoms with Crippen LogP contribution < -0.4 is 5.32 Å². The molecule has 32 heavy (non-hydrogen) atoms. The predicted molar refractivity (Wildman–Crippen MR) is 126 cm³/mol. The second kappa shape index (κ2) is 11.1. The van der Waals surface area contributed by atoms with Gasteiger partial charge in [-0.05, 0) is 37.6 Å². The zero-order valence-electron chi connectivity index (χ0n) is 18.4. The molecule has 0 spiro atoms. The Hall–Kier alpha value is -2.13. The van der Waals surface area contributed by atoms with Gasteiger partial charge in [-0.2, -0.15) is 4.31 Å². The van der Waals surface area contributed by atoms with E-state index in [2.05, 4.69) is 5.32 Å². The number of carbonyl (C=O) groups is 2. The van der Waals surface area contributed by atoms with Gasteiger partial charge in [0.2, 0.25) is 21.8 Å². The molecule has 7 nitrogen and oxygen atoms in total. The summed E-state index contributed by atoms with van der Waals surface area (Å²) in [6.07, 6.45) is 0.321. The zero-order chi connectivity index (χ0) is 24.1. The molecule has 0 aliphatic heterocycles. The number of rotatable bonds is 9. The molecule has 174 valence electrons. The van der Waals surface area contributed by atoms with E-state index in [0.717, 1.165) is 9.87 Å². The summed E-state index contributed by atoms with van der Waals surface area (Å²) in [5.41, 5.74) is 1.40. The molecule has 2 aromatic rings. The van der Waals surface area contributed by atoms with Gasteiger partial charge in [-0.25, -0.2) is 8.42 Å². The molecule has 2 aromatic carbocycles. The van der Waals surface area contributed by atoms with Crippen molar-refractivity contribution in [3.8, 4) is 0 Å². The Labute approximate surface area is 199 Å². The SMILES string of the molecule is CCC(C(=O)NC)N(Cc1c(Cl)cccc1Cl)C(=O)CN(C)S(=O)(=O)c1ccc(C)cc1. The van der Waals surface area contributed by atoms with Crippen LogP contribution in [-0.4, -0.2) is 56.1 Å². The van der Waals surface area contributed by atoms with Crippen molar-refractivity contribution >= 4 is 45.0 Å². The first-order valence-electron chi connectivity index (χ1n) is 9.99. The van der Waals surface area contributed by atoms with E-state index in [-0.39, 0.29) is 17.3 Å². The summed E-state index contributed by atoms with van der Waals surface area (Å²) in [6, 6.07) is 10.5. The smallest absolute Gasteiger partial charge is 0.243 e. The number of aryl methyl sites for hydroxylation is 1.